The maximum absolute atomic E-state index is 12.9. The molecule has 0 aliphatic carbocycles. The summed E-state index contributed by atoms with van der Waals surface area (Å²) in [6.07, 6.45) is -3.88. The number of benzene rings is 2. The van der Waals surface area contributed by atoms with Crippen LogP contribution in [0.4, 0.5) is 24.5 Å². The van der Waals surface area contributed by atoms with Gasteiger partial charge in [-0.1, -0.05) is 18.2 Å². The van der Waals surface area contributed by atoms with Crippen molar-refractivity contribution >= 4 is 27.3 Å². The van der Waals surface area contributed by atoms with Gasteiger partial charge in [-0.2, -0.15) is 18.4 Å². The first kappa shape index (κ1) is 20.3. The van der Waals surface area contributed by atoms with Crippen molar-refractivity contribution in [1.82, 2.24) is 0 Å². The average molecular weight is 397 g/mol. The Hall–Kier alpha value is -3.06. The van der Waals surface area contributed by atoms with E-state index in [9.17, 15) is 26.4 Å². The molecule has 6 nitrogen and oxygen atoms in total. The van der Waals surface area contributed by atoms with Crippen molar-refractivity contribution in [2.45, 2.75) is 6.18 Å². The number of hydrogen-bond donors (Lipinski definition) is 1. The Kier molecular flexibility index (Phi) is 5.75. The second-order valence-electron chi connectivity index (χ2n) is 5.52. The number of hydrogen-bond acceptors (Lipinski definition) is 4. The summed E-state index contributed by atoms with van der Waals surface area (Å²) in [5.41, 5.74) is -1.00. The van der Waals surface area contributed by atoms with E-state index in [1.54, 1.807) is 12.1 Å². The number of sulfonamides is 1. The predicted octanol–water partition coefficient (Wildman–Crippen LogP) is 2.98. The summed E-state index contributed by atoms with van der Waals surface area (Å²) in [5, 5.41) is 11.4. The van der Waals surface area contributed by atoms with Gasteiger partial charge in [0.05, 0.1) is 28.8 Å². The number of para-hydroxylation sites is 1. The third kappa shape index (κ3) is 5.21. The zero-order valence-electron chi connectivity index (χ0n) is 14.0. The second-order valence-corrected chi connectivity index (χ2v) is 7.43. The molecule has 0 atom stereocenters. The summed E-state index contributed by atoms with van der Waals surface area (Å²) in [7, 11) is -4.04. The molecule has 0 aromatic heterocycles. The number of nitrogens with one attached hydrogen (secondary N) is 1. The van der Waals surface area contributed by atoms with Crippen molar-refractivity contribution in [1.29, 1.82) is 5.26 Å². The second kappa shape index (κ2) is 7.67. The highest BCUT2D eigenvalue weighted by Crippen LogP contribution is 2.32. The maximum atomic E-state index is 12.9. The molecule has 142 valence electrons. The van der Waals surface area contributed by atoms with E-state index in [0.717, 1.165) is 24.5 Å². The standard InChI is InChI=1S/C17H14F3N3O3S/c1-27(25,26)23(14-7-4-6-13(9-14)17(18,19)20)11-16(24)22-15-8-3-2-5-12(15)10-21/h2-9H,11H2,1H3,(H,22,24). The average Bonchev–Trinajstić information content (AvgIpc) is 2.58. The lowest BCUT2D eigenvalue weighted by molar-refractivity contribution is -0.137. The zero-order valence-corrected chi connectivity index (χ0v) is 14.8. The number of carbonyl (C=O) groups excluding carboxylic acids is 1. The minimum atomic E-state index is -4.66. The monoisotopic (exact) mass is 397 g/mol. The summed E-state index contributed by atoms with van der Waals surface area (Å²) in [4.78, 5) is 12.2. The Balaban J connectivity index is 2.31. The van der Waals surface area contributed by atoms with Crippen LogP contribution in [-0.4, -0.2) is 27.1 Å². The van der Waals surface area contributed by atoms with Crippen LogP contribution in [-0.2, 0) is 21.0 Å². The van der Waals surface area contributed by atoms with Crippen molar-refractivity contribution in [3.05, 3.63) is 59.7 Å². The molecule has 0 fully saturated rings. The first-order valence-electron chi connectivity index (χ1n) is 7.46. The van der Waals surface area contributed by atoms with Gasteiger partial charge in [0.2, 0.25) is 15.9 Å². The van der Waals surface area contributed by atoms with Crippen molar-refractivity contribution in [2.75, 3.05) is 22.4 Å². The summed E-state index contributed by atoms with van der Waals surface area (Å²) in [6, 6.07) is 11.6. The fourth-order valence-corrected chi connectivity index (χ4v) is 3.10. The molecule has 1 amide bonds. The minimum absolute atomic E-state index is 0.163. The third-order valence-corrected chi connectivity index (χ3v) is 4.61. The van der Waals surface area contributed by atoms with Gasteiger partial charge in [-0.15, -0.1) is 0 Å². The first-order valence-corrected chi connectivity index (χ1v) is 9.31. The van der Waals surface area contributed by atoms with E-state index in [2.05, 4.69) is 5.32 Å². The molecule has 0 unspecified atom stereocenters. The molecule has 1 N–H and O–H groups in total. The Bertz CT molecular complexity index is 998. The van der Waals surface area contributed by atoms with E-state index in [1.807, 2.05) is 6.07 Å². The maximum Gasteiger partial charge on any atom is 0.416 e. The molecule has 0 aliphatic heterocycles. The van der Waals surface area contributed by atoms with Crippen molar-refractivity contribution in [2.24, 2.45) is 0 Å². The molecule has 0 saturated heterocycles. The fraction of sp³-hybridized carbons (Fsp3) is 0.176. The largest absolute Gasteiger partial charge is 0.416 e. The van der Waals surface area contributed by atoms with Gasteiger partial charge >= 0.3 is 6.18 Å². The van der Waals surface area contributed by atoms with Gasteiger partial charge in [0.15, 0.2) is 0 Å². The summed E-state index contributed by atoms with van der Waals surface area (Å²) < 4.78 is 63.2. The van der Waals surface area contributed by atoms with E-state index in [-0.39, 0.29) is 16.9 Å². The molecule has 0 spiro atoms. The van der Waals surface area contributed by atoms with E-state index in [4.69, 9.17) is 5.26 Å². The van der Waals surface area contributed by atoms with E-state index in [1.165, 1.54) is 12.1 Å². The number of halogens is 3. The molecule has 2 rings (SSSR count). The lowest BCUT2D eigenvalue weighted by Gasteiger charge is -2.23. The summed E-state index contributed by atoms with van der Waals surface area (Å²) in [6.45, 7) is -0.750. The van der Waals surface area contributed by atoms with Crippen LogP contribution >= 0.6 is 0 Å². The number of alkyl halides is 3. The number of nitriles is 1. The van der Waals surface area contributed by atoms with Crippen LogP contribution < -0.4 is 9.62 Å². The molecule has 0 aliphatic rings. The molecule has 0 bridgehead atoms. The molecular formula is C17H14F3N3O3S. The molecule has 27 heavy (non-hydrogen) atoms. The fourth-order valence-electron chi connectivity index (χ4n) is 2.25. The highest BCUT2D eigenvalue weighted by molar-refractivity contribution is 7.92. The number of rotatable bonds is 5. The number of nitrogens with zero attached hydrogens (tertiary/aromatic N) is 2. The van der Waals surface area contributed by atoms with Crippen molar-refractivity contribution in [3.8, 4) is 6.07 Å². The van der Waals surface area contributed by atoms with Crippen LogP contribution in [0.5, 0.6) is 0 Å². The summed E-state index contributed by atoms with van der Waals surface area (Å²) >= 11 is 0. The van der Waals surface area contributed by atoms with Crippen LogP contribution in [0.1, 0.15) is 11.1 Å². The Morgan fingerprint density at radius 3 is 2.44 bits per heavy atom. The SMILES string of the molecule is CS(=O)(=O)N(CC(=O)Nc1ccccc1C#N)c1cccc(C(F)(F)F)c1. The van der Waals surface area contributed by atoms with E-state index in [0.29, 0.717) is 10.4 Å². The lowest BCUT2D eigenvalue weighted by atomic mass is 10.2. The van der Waals surface area contributed by atoms with Gasteiger partial charge < -0.3 is 5.32 Å². The minimum Gasteiger partial charge on any atom is -0.323 e. The molecule has 0 radical (unpaired) electrons. The van der Waals surface area contributed by atoms with Crippen molar-refractivity contribution in [3.63, 3.8) is 0 Å². The van der Waals surface area contributed by atoms with Crippen LogP contribution in [0.15, 0.2) is 48.5 Å². The molecule has 10 heteroatoms. The van der Waals surface area contributed by atoms with Gasteiger partial charge in [-0.3, -0.25) is 9.10 Å². The Labute approximate surface area is 153 Å². The number of anilines is 2. The van der Waals surface area contributed by atoms with Crippen LogP contribution in [0, 0.1) is 11.3 Å². The van der Waals surface area contributed by atoms with Crippen LogP contribution in [0.2, 0.25) is 0 Å². The van der Waals surface area contributed by atoms with Gasteiger partial charge in [0.1, 0.15) is 12.6 Å². The Morgan fingerprint density at radius 2 is 1.85 bits per heavy atom. The van der Waals surface area contributed by atoms with Crippen LogP contribution in [0.25, 0.3) is 0 Å². The lowest BCUT2D eigenvalue weighted by Crippen LogP contribution is -2.37. The molecule has 0 heterocycles. The number of carbonyl (C=O) groups is 1. The predicted molar refractivity (Wildman–Crippen MR) is 93.4 cm³/mol. The smallest absolute Gasteiger partial charge is 0.323 e. The van der Waals surface area contributed by atoms with Gasteiger partial charge in [0, 0.05) is 0 Å². The first-order chi connectivity index (χ1) is 12.5. The van der Waals surface area contributed by atoms with Gasteiger partial charge in [-0.25, -0.2) is 8.42 Å². The molecular weight excluding hydrogens is 383 g/mol. The topological polar surface area (TPSA) is 90.3 Å². The quantitative estimate of drug-likeness (QED) is 0.840. The van der Waals surface area contributed by atoms with Crippen LogP contribution in [0.3, 0.4) is 0 Å². The summed E-state index contributed by atoms with van der Waals surface area (Å²) in [5.74, 6) is -0.805. The Morgan fingerprint density at radius 1 is 1.19 bits per heavy atom. The third-order valence-electron chi connectivity index (χ3n) is 3.47. The normalized spacial score (nSPS) is 11.5. The van der Waals surface area contributed by atoms with Gasteiger partial charge in [-0.05, 0) is 30.3 Å². The molecule has 0 saturated carbocycles. The highest BCUT2D eigenvalue weighted by atomic mass is 32.2. The van der Waals surface area contributed by atoms with E-state index >= 15 is 0 Å². The highest BCUT2D eigenvalue weighted by Gasteiger charge is 2.32. The number of amides is 1. The molecule has 2 aromatic carbocycles. The van der Waals surface area contributed by atoms with Crippen molar-refractivity contribution < 1.29 is 26.4 Å². The zero-order chi connectivity index (χ0) is 20.2. The van der Waals surface area contributed by atoms with Gasteiger partial charge in [0.25, 0.3) is 0 Å². The molecule has 2 aromatic rings. The van der Waals surface area contributed by atoms with E-state index < -0.39 is 34.2 Å².